The Balaban J connectivity index is 2.12. The van der Waals surface area contributed by atoms with Crippen LogP contribution in [-0.4, -0.2) is 29.2 Å². The van der Waals surface area contributed by atoms with Gasteiger partial charge < -0.3 is 4.90 Å². The maximum absolute atomic E-state index is 12.4. The quantitative estimate of drug-likeness (QED) is 0.497. The van der Waals surface area contributed by atoms with Gasteiger partial charge in [0.1, 0.15) is 0 Å². The van der Waals surface area contributed by atoms with E-state index in [1.807, 2.05) is 17.0 Å². The molecule has 1 atom stereocenters. The number of hydrogen-bond acceptors (Lipinski definition) is 1. The summed E-state index contributed by atoms with van der Waals surface area (Å²) in [6, 6.07) is 5.51. The van der Waals surface area contributed by atoms with Crippen molar-refractivity contribution < 1.29 is 4.79 Å². The Bertz CT molecular complexity index is 455. The standard InChI is InChI=1S/C13H14BrClINO/c14-7-9-2-1-5-17(8-9)13(18)10-3-4-12(16)11(15)6-10/h3-4,6,9H,1-2,5,7-8H2. The van der Waals surface area contributed by atoms with Gasteiger partial charge in [0.05, 0.1) is 5.02 Å². The van der Waals surface area contributed by atoms with Gasteiger partial charge in [-0.15, -0.1) is 0 Å². The molecule has 2 rings (SSSR count). The molecule has 18 heavy (non-hydrogen) atoms. The second kappa shape index (κ2) is 6.57. The predicted molar refractivity (Wildman–Crippen MR) is 86.6 cm³/mol. The van der Waals surface area contributed by atoms with Crippen molar-refractivity contribution in [3.63, 3.8) is 0 Å². The van der Waals surface area contributed by atoms with Crippen molar-refractivity contribution in [3.05, 3.63) is 32.4 Å². The molecule has 0 N–H and O–H groups in total. The summed E-state index contributed by atoms with van der Waals surface area (Å²) in [5.41, 5.74) is 0.690. The third-order valence-corrected chi connectivity index (χ3v) is 5.68. The minimum absolute atomic E-state index is 0.0963. The summed E-state index contributed by atoms with van der Waals surface area (Å²) in [5.74, 6) is 0.668. The van der Waals surface area contributed by atoms with E-state index in [0.29, 0.717) is 16.5 Å². The molecular formula is C13H14BrClINO. The van der Waals surface area contributed by atoms with Gasteiger partial charge >= 0.3 is 0 Å². The topological polar surface area (TPSA) is 20.3 Å². The summed E-state index contributed by atoms with van der Waals surface area (Å²) >= 11 is 11.7. The van der Waals surface area contributed by atoms with Crippen LogP contribution in [0.15, 0.2) is 18.2 Å². The summed E-state index contributed by atoms with van der Waals surface area (Å²) in [6.45, 7) is 1.69. The van der Waals surface area contributed by atoms with Crippen molar-refractivity contribution in [2.24, 2.45) is 5.92 Å². The van der Waals surface area contributed by atoms with Crippen LogP contribution in [0, 0.1) is 9.49 Å². The molecule has 1 unspecified atom stereocenters. The molecule has 0 spiro atoms. The lowest BCUT2D eigenvalue weighted by Crippen LogP contribution is -2.40. The van der Waals surface area contributed by atoms with E-state index in [4.69, 9.17) is 11.6 Å². The van der Waals surface area contributed by atoms with Gasteiger partial charge in [0.15, 0.2) is 0 Å². The summed E-state index contributed by atoms with van der Waals surface area (Å²) in [5, 5.41) is 1.61. The number of halogens is 3. The van der Waals surface area contributed by atoms with E-state index in [0.717, 1.165) is 28.4 Å². The average molecular weight is 443 g/mol. The first-order valence-corrected chi connectivity index (χ1v) is 8.50. The molecule has 1 aromatic carbocycles. The molecule has 0 aliphatic carbocycles. The minimum Gasteiger partial charge on any atom is -0.338 e. The van der Waals surface area contributed by atoms with Gasteiger partial charge in [-0.05, 0) is 59.5 Å². The van der Waals surface area contributed by atoms with Gasteiger partial charge in [0.25, 0.3) is 5.91 Å². The highest BCUT2D eigenvalue weighted by molar-refractivity contribution is 14.1. The Kier molecular flexibility index (Phi) is 5.33. The summed E-state index contributed by atoms with van der Waals surface area (Å²) in [7, 11) is 0. The SMILES string of the molecule is O=C(c1ccc(I)c(Cl)c1)N1CCCC(CBr)C1. The largest absolute Gasteiger partial charge is 0.338 e. The highest BCUT2D eigenvalue weighted by Gasteiger charge is 2.24. The van der Waals surface area contributed by atoms with Gasteiger partial charge in [-0.3, -0.25) is 4.79 Å². The lowest BCUT2D eigenvalue weighted by Gasteiger charge is -2.32. The van der Waals surface area contributed by atoms with Crippen LogP contribution >= 0.6 is 50.1 Å². The molecule has 1 heterocycles. The molecule has 98 valence electrons. The Labute approximate surface area is 134 Å². The fourth-order valence-electron chi connectivity index (χ4n) is 2.19. The lowest BCUT2D eigenvalue weighted by atomic mass is 9.99. The van der Waals surface area contributed by atoms with Gasteiger partial charge in [-0.25, -0.2) is 0 Å². The summed E-state index contributed by atoms with van der Waals surface area (Å²) in [4.78, 5) is 14.3. The number of amides is 1. The Morgan fingerprint density at radius 1 is 1.56 bits per heavy atom. The van der Waals surface area contributed by atoms with Crippen molar-refractivity contribution in [2.45, 2.75) is 12.8 Å². The maximum Gasteiger partial charge on any atom is 0.253 e. The smallest absolute Gasteiger partial charge is 0.253 e. The fourth-order valence-corrected chi connectivity index (χ4v) is 3.23. The monoisotopic (exact) mass is 441 g/mol. The van der Waals surface area contributed by atoms with Crippen LogP contribution in [0.4, 0.5) is 0 Å². The third kappa shape index (κ3) is 3.39. The number of carbonyl (C=O) groups excluding carboxylic acids is 1. The lowest BCUT2D eigenvalue weighted by molar-refractivity contribution is 0.0686. The summed E-state index contributed by atoms with van der Waals surface area (Å²) < 4.78 is 0.975. The van der Waals surface area contributed by atoms with E-state index in [9.17, 15) is 4.79 Å². The van der Waals surface area contributed by atoms with Gasteiger partial charge in [-0.2, -0.15) is 0 Å². The second-order valence-electron chi connectivity index (χ2n) is 4.54. The predicted octanol–water partition coefficient (Wildman–Crippen LogP) is 4.19. The molecule has 1 saturated heterocycles. The van der Waals surface area contributed by atoms with Gasteiger partial charge in [0.2, 0.25) is 0 Å². The molecule has 1 aliphatic heterocycles. The number of likely N-dealkylation sites (tertiary alicyclic amines) is 1. The molecule has 1 aliphatic rings. The number of benzene rings is 1. The molecule has 0 saturated carbocycles. The zero-order chi connectivity index (χ0) is 13.1. The van der Waals surface area contributed by atoms with E-state index in [1.54, 1.807) is 6.07 Å². The molecule has 1 fully saturated rings. The molecule has 1 aromatic rings. The zero-order valence-corrected chi connectivity index (χ0v) is 14.3. The van der Waals surface area contributed by atoms with Gasteiger partial charge in [-0.1, -0.05) is 27.5 Å². The number of alkyl halides is 1. The Hall–Kier alpha value is 0.190. The van der Waals surface area contributed by atoms with Crippen LogP contribution in [0.3, 0.4) is 0 Å². The van der Waals surface area contributed by atoms with Crippen LogP contribution in [0.5, 0.6) is 0 Å². The molecular weight excluding hydrogens is 428 g/mol. The number of piperidine rings is 1. The summed E-state index contributed by atoms with van der Waals surface area (Å²) in [6.07, 6.45) is 2.28. The number of nitrogens with zero attached hydrogens (tertiary/aromatic N) is 1. The van der Waals surface area contributed by atoms with Crippen LogP contribution < -0.4 is 0 Å². The first kappa shape index (κ1) is 14.6. The van der Waals surface area contributed by atoms with Crippen molar-refractivity contribution in [1.82, 2.24) is 4.90 Å². The molecule has 0 radical (unpaired) electrons. The van der Waals surface area contributed by atoms with E-state index in [-0.39, 0.29) is 5.91 Å². The van der Waals surface area contributed by atoms with Crippen LogP contribution in [0.1, 0.15) is 23.2 Å². The number of hydrogen-bond donors (Lipinski definition) is 0. The van der Waals surface area contributed by atoms with Crippen LogP contribution in [0.25, 0.3) is 0 Å². The van der Waals surface area contributed by atoms with Crippen molar-refractivity contribution in [2.75, 3.05) is 18.4 Å². The van der Waals surface area contributed by atoms with Crippen LogP contribution in [0.2, 0.25) is 5.02 Å². The first-order chi connectivity index (χ1) is 8.61. The Morgan fingerprint density at radius 2 is 2.33 bits per heavy atom. The van der Waals surface area contributed by atoms with E-state index in [1.165, 1.54) is 6.42 Å². The van der Waals surface area contributed by atoms with E-state index >= 15 is 0 Å². The maximum atomic E-state index is 12.4. The first-order valence-electron chi connectivity index (χ1n) is 5.92. The molecule has 0 bridgehead atoms. The van der Waals surface area contributed by atoms with E-state index in [2.05, 4.69) is 38.5 Å². The van der Waals surface area contributed by atoms with E-state index < -0.39 is 0 Å². The van der Waals surface area contributed by atoms with Crippen molar-refractivity contribution >= 4 is 56.0 Å². The average Bonchev–Trinajstić information content (AvgIpc) is 2.41. The number of rotatable bonds is 2. The van der Waals surface area contributed by atoms with Crippen molar-refractivity contribution in [3.8, 4) is 0 Å². The molecule has 2 nitrogen and oxygen atoms in total. The minimum atomic E-state index is 0.0963. The molecule has 0 aromatic heterocycles. The van der Waals surface area contributed by atoms with Gasteiger partial charge in [0, 0.05) is 27.6 Å². The highest BCUT2D eigenvalue weighted by atomic mass is 127. The Morgan fingerprint density at radius 3 is 3.00 bits per heavy atom. The fraction of sp³-hybridized carbons (Fsp3) is 0.462. The van der Waals surface area contributed by atoms with Crippen molar-refractivity contribution in [1.29, 1.82) is 0 Å². The molecule has 1 amide bonds. The zero-order valence-electron chi connectivity index (χ0n) is 9.83. The second-order valence-corrected chi connectivity index (χ2v) is 6.76. The molecule has 5 heteroatoms. The van der Waals surface area contributed by atoms with Crippen LogP contribution in [-0.2, 0) is 0 Å². The number of carbonyl (C=O) groups is 1. The highest BCUT2D eigenvalue weighted by Crippen LogP contribution is 2.23. The third-order valence-electron chi connectivity index (χ3n) is 3.19. The normalized spacial score (nSPS) is 19.9.